The van der Waals surface area contributed by atoms with Crippen molar-refractivity contribution in [1.82, 2.24) is 0 Å². The molecule has 0 nitrogen and oxygen atoms in total. The first-order chi connectivity index (χ1) is 4.34. The molecule has 0 amide bonds. The molecule has 0 saturated carbocycles. The SMILES string of the molecule is CCCCCC1S[S-]1#P. The van der Waals surface area contributed by atoms with E-state index in [1.54, 1.807) is 0 Å². The summed E-state index contributed by atoms with van der Waals surface area (Å²) in [5.74, 6) is 0. The van der Waals surface area contributed by atoms with Crippen molar-refractivity contribution in [3.63, 3.8) is 0 Å². The van der Waals surface area contributed by atoms with Crippen molar-refractivity contribution >= 4 is 27.5 Å². The van der Waals surface area contributed by atoms with Gasteiger partial charge in [-0.25, -0.2) is 0 Å². The third-order valence-electron chi connectivity index (χ3n) is 1.44. The summed E-state index contributed by atoms with van der Waals surface area (Å²) < 4.78 is 0.930. The van der Waals surface area contributed by atoms with E-state index in [4.69, 9.17) is 0 Å². The van der Waals surface area contributed by atoms with Crippen molar-refractivity contribution in [3.05, 3.63) is 0 Å². The predicted octanol–water partition coefficient (Wildman–Crippen LogP) is 3.50. The zero-order valence-corrected chi connectivity index (χ0v) is 8.20. The normalized spacial score (nSPS) is 26.4. The van der Waals surface area contributed by atoms with Crippen LogP contribution in [0, 0.1) is 0 Å². The van der Waals surface area contributed by atoms with Crippen LogP contribution in [0.1, 0.15) is 32.6 Å². The Morgan fingerprint density at radius 1 is 1.56 bits per heavy atom. The van der Waals surface area contributed by atoms with Crippen LogP contribution in [0.15, 0.2) is 0 Å². The fourth-order valence-electron chi connectivity index (χ4n) is 0.797. The molecule has 1 atom stereocenters. The van der Waals surface area contributed by atoms with Gasteiger partial charge in [0.15, 0.2) is 0 Å². The molecule has 0 N–H and O–H groups in total. The van der Waals surface area contributed by atoms with Gasteiger partial charge in [-0.05, 0) is 0 Å². The molecule has 0 aliphatic carbocycles. The molecule has 0 aromatic rings. The summed E-state index contributed by atoms with van der Waals surface area (Å²) in [6.07, 6.45) is 5.57. The van der Waals surface area contributed by atoms with Gasteiger partial charge < -0.3 is 0 Å². The second-order valence-electron chi connectivity index (χ2n) is 2.30. The summed E-state index contributed by atoms with van der Waals surface area (Å²) in [4.78, 5) is 0. The van der Waals surface area contributed by atoms with E-state index >= 15 is 0 Å². The Labute approximate surface area is 65.0 Å². The molecule has 1 aliphatic rings. The summed E-state index contributed by atoms with van der Waals surface area (Å²) in [7, 11) is 6.86. The summed E-state index contributed by atoms with van der Waals surface area (Å²) >= 11 is 0. The Balaban J connectivity index is 1.90. The van der Waals surface area contributed by atoms with Crippen LogP contribution in [0.2, 0.25) is 0 Å². The van der Waals surface area contributed by atoms with Gasteiger partial charge in [0, 0.05) is 0 Å². The molecular weight excluding hydrogens is 167 g/mol. The van der Waals surface area contributed by atoms with E-state index in [9.17, 15) is 0 Å². The van der Waals surface area contributed by atoms with Gasteiger partial charge >= 0.3 is 64.7 Å². The standard InChI is InChI=1S/C6H12PS2/c1-2-3-4-5-6-8-9(6)7/h6H,2-5H2,1H3/q-1. The van der Waals surface area contributed by atoms with Crippen molar-refractivity contribution in [2.24, 2.45) is 0 Å². The Morgan fingerprint density at radius 2 is 2.22 bits per heavy atom. The van der Waals surface area contributed by atoms with Gasteiger partial charge in [-0.2, -0.15) is 0 Å². The van der Waals surface area contributed by atoms with Crippen molar-refractivity contribution in [2.45, 2.75) is 37.2 Å². The van der Waals surface area contributed by atoms with Crippen LogP contribution in [0.3, 0.4) is 0 Å². The van der Waals surface area contributed by atoms with Crippen LogP contribution in [-0.2, 0) is 8.90 Å². The van der Waals surface area contributed by atoms with E-state index in [0.717, 1.165) is 4.58 Å². The second-order valence-corrected chi connectivity index (χ2v) is 8.06. The molecule has 1 saturated heterocycles. The average molecular weight is 179 g/mol. The maximum absolute atomic E-state index is 4.37. The van der Waals surface area contributed by atoms with Crippen molar-refractivity contribution in [2.75, 3.05) is 0 Å². The van der Waals surface area contributed by atoms with Gasteiger partial charge in [-0.15, -0.1) is 0 Å². The van der Waals surface area contributed by atoms with Crippen molar-refractivity contribution in [1.29, 1.82) is 0 Å². The summed E-state index contributed by atoms with van der Waals surface area (Å²) in [5, 5.41) is 0. The molecule has 0 bridgehead atoms. The molecular formula is C6H12PS2-. The molecule has 3 heteroatoms. The van der Waals surface area contributed by atoms with Crippen LogP contribution in [0.5, 0.6) is 0 Å². The van der Waals surface area contributed by atoms with E-state index in [1.165, 1.54) is 25.7 Å². The molecule has 0 spiro atoms. The number of hydrogen-bond acceptors (Lipinski definition) is 2. The maximum atomic E-state index is 4.37. The molecule has 1 unspecified atom stereocenters. The van der Waals surface area contributed by atoms with Gasteiger partial charge in [0.1, 0.15) is 0 Å². The Morgan fingerprint density at radius 3 is 2.67 bits per heavy atom. The van der Waals surface area contributed by atoms with Crippen molar-refractivity contribution in [3.8, 4) is 0 Å². The quantitative estimate of drug-likeness (QED) is 0.209. The van der Waals surface area contributed by atoms with Gasteiger partial charge in [0.05, 0.1) is 0 Å². The fraction of sp³-hybridized carbons (Fsp3) is 1.00. The second kappa shape index (κ2) is 4.10. The Hall–Kier alpha value is 1.13. The van der Waals surface area contributed by atoms with E-state index in [0.29, 0.717) is 8.90 Å². The molecule has 1 fully saturated rings. The van der Waals surface area contributed by atoms with Crippen LogP contribution in [-0.4, -0.2) is 4.58 Å². The van der Waals surface area contributed by atoms with E-state index < -0.39 is 0 Å². The molecule has 9 heavy (non-hydrogen) atoms. The number of hydrogen-bond donors (Lipinski definition) is 0. The third-order valence-corrected chi connectivity index (χ3v) is 6.60. The predicted molar refractivity (Wildman–Crippen MR) is 49.8 cm³/mol. The number of unbranched alkanes of at least 4 members (excludes halogenated alkanes) is 2. The molecule has 0 aromatic heterocycles. The monoisotopic (exact) mass is 179 g/mol. The van der Waals surface area contributed by atoms with Gasteiger partial charge in [-0.3, -0.25) is 0 Å². The van der Waals surface area contributed by atoms with E-state index in [2.05, 4.69) is 14.7 Å². The van der Waals surface area contributed by atoms with Crippen LogP contribution in [0.25, 0.3) is 0 Å². The minimum absolute atomic E-state index is 0.459. The zero-order chi connectivity index (χ0) is 6.69. The third kappa shape index (κ3) is 3.15. The summed E-state index contributed by atoms with van der Waals surface area (Å²) in [6, 6.07) is 0. The van der Waals surface area contributed by atoms with E-state index in [-0.39, 0.29) is 0 Å². The first-order valence-corrected chi connectivity index (χ1v) is 7.17. The summed E-state index contributed by atoms with van der Waals surface area (Å²) in [5.41, 5.74) is 0. The molecule has 0 aromatic carbocycles. The van der Waals surface area contributed by atoms with Crippen molar-refractivity contribution < 1.29 is 0 Å². The molecule has 1 aliphatic heterocycles. The fourth-order valence-corrected chi connectivity index (χ4v) is 4.83. The molecule has 0 radical (unpaired) electrons. The molecule has 1 rings (SSSR count). The molecule has 54 valence electrons. The van der Waals surface area contributed by atoms with Crippen LogP contribution < -0.4 is 0 Å². The topological polar surface area (TPSA) is 0 Å². The van der Waals surface area contributed by atoms with Crippen LogP contribution >= 0.6 is 18.6 Å². The molecule has 1 heterocycles. The van der Waals surface area contributed by atoms with Crippen LogP contribution in [0.4, 0.5) is 0 Å². The average Bonchev–Trinajstić information content (AvgIpc) is 2.48. The first-order valence-electron chi connectivity index (χ1n) is 3.44. The van der Waals surface area contributed by atoms with Gasteiger partial charge in [0.2, 0.25) is 0 Å². The number of rotatable bonds is 4. The first kappa shape index (κ1) is 8.23. The van der Waals surface area contributed by atoms with E-state index in [1.807, 2.05) is 10.8 Å². The van der Waals surface area contributed by atoms with Gasteiger partial charge in [-0.1, -0.05) is 0 Å². The zero-order valence-electron chi connectivity index (χ0n) is 5.67. The Bertz CT molecular complexity index is 147. The summed E-state index contributed by atoms with van der Waals surface area (Å²) in [6.45, 7) is 2.25. The Kier molecular flexibility index (Phi) is 3.75. The minimum atomic E-state index is 0.459. The van der Waals surface area contributed by atoms with Gasteiger partial charge in [0.25, 0.3) is 0 Å².